The fraction of sp³-hybridized carbons (Fsp3) is 0.174. The second kappa shape index (κ2) is 7.87. The summed E-state index contributed by atoms with van der Waals surface area (Å²) in [6, 6.07) is 17.8. The summed E-state index contributed by atoms with van der Waals surface area (Å²) in [6.07, 6.45) is 2.31. The van der Waals surface area contributed by atoms with Gasteiger partial charge in [0.2, 0.25) is 0 Å². The standard InChI is InChI=1S/C23H22O3/c1-4-10-20-21(16(2)24)23(25-3)19-14-9-8-13-18(19)22(20)26-15-17-11-6-5-7-12-17/h4-9,11-14H,1,10,15H2,2-3H3. The van der Waals surface area contributed by atoms with E-state index < -0.39 is 0 Å². The largest absolute Gasteiger partial charge is 0.495 e. The van der Waals surface area contributed by atoms with Crippen molar-refractivity contribution in [1.29, 1.82) is 0 Å². The number of ether oxygens (including phenoxy) is 2. The molecule has 0 spiro atoms. The zero-order valence-electron chi connectivity index (χ0n) is 15.1. The van der Waals surface area contributed by atoms with Crippen LogP contribution in [0.25, 0.3) is 10.8 Å². The third-order valence-corrected chi connectivity index (χ3v) is 4.35. The summed E-state index contributed by atoms with van der Waals surface area (Å²) in [7, 11) is 1.59. The zero-order chi connectivity index (χ0) is 18.5. The Morgan fingerprint density at radius 1 is 1.00 bits per heavy atom. The van der Waals surface area contributed by atoms with E-state index in [1.165, 1.54) is 0 Å². The van der Waals surface area contributed by atoms with Crippen LogP contribution in [-0.2, 0) is 13.0 Å². The summed E-state index contributed by atoms with van der Waals surface area (Å²) in [4.78, 5) is 12.4. The molecule has 0 radical (unpaired) electrons. The highest BCUT2D eigenvalue weighted by Crippen LogP contribution is 2.41. The topological polar surface area (TPSA) is 35.5 Å². The van der Waals surface area contributed by atoms with Crippen molar-refractivity contribution in [3.63, 3.8) is 0 Å². The predicted molar refractivity (Wildman–Crippen MR) is 105 cm³/mol. The molecule has 0 fully saturated rings. The van der Waals surface area contributed by atoms with Gasteiger partial charge in [-0.2, -0.15) is 0 Å². The number of fused-ring (bicyclic) bond motifs is 1. The summed E-state index contributed by atoms with van der Waals surface area (Å²) in [6.45, 7) is 5.83. The van der Waals surface area contributed by atoms with Gasteiger partial charge < -0.3 is 9.47 Å². The highest BCUT2D eigenvalue weighted by Gasteiger charge is 2.23. The molecule has 0 bridgehead atoms. The van der Waals surface area contributed by atoms with Gasteiger partial charge in [-0.15, -0.1) is 6.58 Å². The molecule has 0 aliphatic heterocycles. The maximum absolute atomic E-state index is 12.4. The number of hydrogen-bond donors (Lipinski definition) is 0. The maximum Gasteiger partial charge on any atom is 0.163 e. The first kappa shape index (κ1) is 17.7. The van der Waals surface area contributed by atoms with E-state index in [4.69, 9.17) is 9.47 Å². The van der Waals surface area contributed by atoms with Crippen molar-refractivity contribution < 1.29 is 14.3 Å². The van der Waals surface area contributed by atoms with E-state index in [0.717, 1.165) is 27.6 Å². The SMILES string of the molecule is C=CCc1c(C(C)=O)c(OC)c2ccccc2c1OCc1ccccc1. The molecule has 0 saturated carbocycles. The minimum atomic E-state index is -0.0472. The smallest absolute Gasteiger partial charge is 0.163 e. The molecular formula is C23H22O3. The Hall–Kier alpha value is -3.07. The Morgan fingerprint density at radius 3 is 2.19 bits per heavy atom. The summed E-state index contributed by atoms with van der Waals surface area (Å²) in [5.41, 5.74) is 2.45. The minimum absolute atomic E-state index is 0.0472. The second-order valence-electron chi connectivity index (χ2n) is 6.08. The van der Waals surface area contributed by atoms with Crippen molar-refractivity contribution >= 4 is 16.6 Å². The average Bonchev–Trinajstić information content (AvgIpc) is 2.67. The molecule has 0 amide bonds. The Morgan fingerprint density at radius 2 is 1.62 bits per heavy atom. The molecule has 0 saturated heterocycles. The third kappa shape index (κ3) is 3.33. The molecule has 0 heterocycles. The molecule has 0 aliphatic carbocycles. The molecule has 3 heteroatoms. The van der Waals surface area contributed by atoms with Gasteiger partial charge in [-0.25, -0.2) is 0 Å². The lowest BCUT2D eigenvalue weighted by Gasteiger charge is -2.20. The van der Waals surface area contributed by atoms with Gasteiger partial charge in [0.25, 0.3) is 0 Å². The van der Waals surface area contributed by atoms with Crippen molar-refractivity contribution in [2.24, 2.45) is 0 Å². The van der Waals surface area contributed by atoms with Gasteiger partial charge in [-0.05, 0) is 18.9 Å². The number of Topliss-reactive ketones (excluding diaryl/α,β-unsaturated/α-hetero) is 1. The minimum Gasteiger partial charge on any atom is -0.495 e. The van der Waals surface area contributed by atoms with E-state index in [1.54, 1.807) is 20.1 Å². The molecule has 0 unspecified atom stereocenters. The van der Waals surface area contributed by atoms with Crippen LogP contribution in [0.2, 0.25) is 0 Å². The van der Waals surface area contributed by atoms with E-state index >= 15 is 0 Å². The van der Waals surface area contributed by atoms with E-state index in [2.05, 4.69) is 6.58 Å². The van der Waals surface area contributed by atoms with Crippen molar-refractivity contribution in [3.05, 3.63) is 83.9 Å². The van der Waals surface area contributed by atoms with E-state index in [0.29, 0.717) is 24.3 Å². The molecule has 3 aromatic carbocycles. The Balaban J connectivity index is 2.22. The molecular weight excluding hydrogens is 324 g/mol. The summed E-state index contributed by atoms with van der Waals surface area (Å²) in [5.74, 6) is 1.27. The molecule has 132 valence electrons. The molecule has 0 atom stereocenters. The van der Waals surface area contributed by atoms with Crippen LogP contribution in [0, 0.1) is 0 Å². The molecule has 3 rings (SSSR count). The van der Waals surface area contributed by atoms with Crippen molar-refractivity contribution in [2.45, 2.75) is 20.0 Å². The van der Waals surface area contributed by atoms with Crippen LogP contribution in [0.4, 0.5) is 0 Å². The number of ketones is 1. The number of methoxy groups -OCH3 is 1. The number of carbonyl (C=O) groups excluding carboxylic acids is 1. The van der Waals surface area contributed by atoms with Gasteiger partial charge in [0.05, 0.1) is 12.7 Å². The number of rotatable bonds is 7. The summed E-state index contributed by atoms with van der Waals surface area (Å²) in [5, 5.41) is 1.80. The van der Waals surface area contributed by atoms with E-state index in [1.807, 2.05) is 54.6 Å². The van der Waals surface area contributed by atoms with Crippen LogP contribution in [0.5, 0.6) is 11.5 Å². The lowest BCUT2D eigenvalue weighted by atomic mass is 9.93. The Labute approximate surface area is 153 Å². The molecule has 0 N–H and O–H groups in total. The lowest BCUT2D eigenvalue weighted by Crippen LogP contribution is -2.08. The van der Waals surface area contributed by atoms with Crippen LogP contribution in [-0.4, -0.2) is 12.9 Å². The van der Waals surface area contributed by atoms with Crippen molar-refractivity contribution in [3.8, 4) is 11.5 Å². The zero-order valence-corrected chi connectivity index (χ0v) is 15.1. The molecule has 26 heavy (non-hydrogen) atoms. The molecule has 0 aromatic heterocycles. The van der Waals surface area contributed by atoms with Gasteiger partial charge >= 0.3 is 0 Å². The Kier molecular flexibility index (Phi) is 5.37. The van der Waals surface area contributed by atoms with Crippen LogP contribution in [0.3, 0.4) is 0 Å². The summed E-state index contributed by atoms with van der Waals surface area (Å²) < 4.78 is 11.8. The fourth-order valence-corrected chi connectivity index (χ4v) is 3.25. The third-order valence-electron chi connectivity index (χ3n) is 4.35. The van der Waals surface area contributed by atoms with Gasteiger partial charge in [0.15, 0.2) is 5.78 Å². The first-order valence-electron chi connectivity index (χ1n) is 8.57. The van der Waals surface area contributed by atoms with E-state index in [9.17, 15) is 4.79 Å². The lowest BCUT2D eigenvalue weighted by molar-refractivity contribution is 0.101. The van der Waals surface area contributed by atoms with Gasteiger partial charge in [-0.1, -0.05) is 60.7 Å². The van der Waals surface area contributed by atoms with Crippen LogP contribution < -0.4 is 9.47 Å². The fourth-order valence-electron chi connectivity index (χ4n) is 3.25. The maximum atomic E-state index is 12.4. The number of carbonyl (C=O) groups is 1. The molecule has 0 aliphatic rings. The van der Waals surface area contributed by atoms with Crippen LogP contribution in [0.15, 0.2) is 67.3 Å². The first-order valence-corrected chi connectivity index (χ1v) is 8.57. The Bertz CT molecular complexity index is 943. The molecule has 3 nitrogen and oxygen atoms in total. The monoisotopic (exact) mass is 346 g/mol. The number of benzene rings is 3. The number of allylic oxidation sites excluding steroid dienone is 1. The van der Waals surface area contributed by atoms with Gasteiger partial charge in [-0.3, -0.25) is 4.79 Å². The van der Waals surface area contributed by atoms with Gasteiger partial charge in [0.1, 0.15) is 18.1 Å². The normalized spacial score (nSPS) is 10.5. The first-order chi connectivity index (χ1) is 12.7. The van der Waals surface area contributed by atoms with Gasteiger partial charge in [0, 0.05) is 16.3 Å². The van der Waals surface area contributed by atoms with E-state index in [-0.39, 0.29) is 5.78 Å². The van der Waals surface area contributed by atoms with Crippen molar-refractivity contribution in [2.75, 3.05) is 7.11 Å². The van der Waals surface area contributed by atoms with Crippen LogP contribution in [0.1, 0.15) is 28.4 Å². The predicted octanol–water partition coefficient (Wildman–Crippen LogP) is 5.36. The average molecular weight is 346 g/mol. The number of hydrogen-bond acceptors (Lipinski definition) is 3. The molecule has 3 aromatic rings. The van der Waals surface area contributed by atoms with Crippen LogP contribution >= 0.6 is 0 Å². The highest BCUT2D eigenvalue weighted by molar-refractivity contribution is 6.08. The second-order valence-corrected chi connectivity index (χ2v) is 6.08. The highest BCUT2D eigenvalue weighted by atomic mass is 16.5. The summed E-state index contributed by atoms with van der Waals surface area (Å²) >= 11 is 0. The van der Waals surface area contributed by atoms with Crippen molar-refractivity contribution in [1.82, 2.24) is 0 Å². The quantitative estimate of drug-likeness (QED) is 0.427.